The van der Waals surface area contributed by atoms with Crippen molar-refractivity contribution >= 4 is 27.7 Å². The zero-order valence-corrected chi connectivity index (χ0v) is 15.7. The Morgan fingerprint density at radius 1 is 1.08 bits per heavy atom. The quantitative estimate of drug-likeness (QED) is 0.650. The van der Waals surface area contributed by atoms with Gasteiger partial charge in [-0.3, -0.25) is 0 Å². The standard InChI is InChI=1S/C20H21N3OS/c1-14(23-25(24)20(2,3)4)17-13-16-11-8-12-21-19(16)22-18(17)15-9-6-5-7-10-15/h5-13H,1-4H3/b23-14+/t25-/m0/s1. The molecule has 0 N–H and O–H groups in total. The molecule has 2 heterocycles. The van der Waals surface area contributed by atoms with E-state index in [4.69, 9.17) is 4.98 Å². The van der Waals surface area contributed by atoms with Crippen molar-refractivity contribution in [3.63, 3.8) is 0 Å². The normalized spacial score (nSPS) is 13.8. The second kappa shape index (κ2) is 6.84. The minimum Gasteiger partial charge on any atom is -0.237 e. The van der Waals surface area contributed by atoms with Gasteiger partial charge >= 0.3 is 0 Å². The van der Waals surface area contributed by atoms with Gasteiger partial charge in [0.15, 0.2) is 5.65 Å². The summed E-state index contributed by atoms with van der Waals surface area (Å²) in [4.78, 5) is 9.10. The number of fused-ring (bicyclic) bond motifs is 1. The largest absolute Gasteiger partial charge is 0.237 e. The fourth-order valence-corrected chi connectivity index (χ4v) is 3.03. The van der Waals surface area contributed by atoms with Gasteiger partial charge in [0.1, 0.15) is 11.0 Å². The smallest absolute Gasteiger partial charge is 0.159 e. The van der Waals surface area contributed by atoms with Crippen LogP contribution < -0.4 is 0 Å². The van der Waals surface area contributed by atoms with Gasteiger partial charge in [-0.15, -0.1) is 0 Å². The average molecular weight is 351 g/mol. The first kappa shape index (κ1) is 17.4. The molecular weight excluding hydrogens is 330 g/mol. The third-order valence-electron chi connectivity index (χ3n) is 3.77. The molecule has 0 aliphatic heterocycles. The van der Waals surface area contributed by atoms with Crippen LogP contribution in [0.25, 0.3) is 22.3 Å². The van der Waals surface area contributed by atoms with Crippen molar-refractivity contribution in [1.29, 1.82) is 0 Å². The van der Waals surface area contributed by atoms with Crippen LogP contribution in [0, 0.1) is 0 Å². The van der Waals surface area contributed by atoms with Crippen LogP contribution in [0.15, 0.2) is 59.1 Å². The molecule has 1 aromatic carbocycles. The zero-order chi connectivity index (χ0) is 18.0. The van der Waals surface area contributed by atoms with Crippen molar-refractivity contribution in [2.75, 3.05) is 0 Å². The molecule has 128 valence electrons. The van der Waals surface area contributed by atoms with E-state index in [1.807, 2.05) is 76.2 Å². The van der Waals surface area contributed by atoms with Crippen LogP contribution in [0.3, 0.4) is 0 Å². The van der Waals surface area contributed by atoms with Gasteiger partial charge in [0, 0.05) is 22.7 Å². The van der Waals surface area contributed by atoms with E-state index >= 15 is 0 Å². The number of aromatic nitrogens is 2. The molecule has 0 unspecified atom stereocenters. The molecule has 25 heavy (non-hydrogen) atoms. The number of benzene rings is 1. The molecule has 0 spiro atoms. The van der Waals surface area contributed by atoms with Crippen LogP contribution in [-0.2, 0) is 11.0 Å². The zero-order valence-electron chi connectivity index (χ0n) is 14.9. The Labute approximate surface area is 150 Å². The number of hydrogen-bond donors (Lipinski definition) is 0. The van der Waals surface area contributed by atoms with E-state index in [-0.39, 0.29) is 0 Å². The molecule has 3 rings (SSSR count). The maximum absolute atomic E-state index is 12.5. The highest BCUT2D eigenvalue weighted by atomic mass is 32.2. The lowest BCUT2D eigenvalue weighted by molar-refractivity contribution is 0.650. The lowest BCUT2D eigenvalue weighted by atomic mass is 10.0. The summed E-state index contributed by atoms with van der Waals surface area (Å²) in [5.74, 6) is 0. The summed E-state index contributed by atoms with van der Waals surface area (Å²) in [6, 6.07) is 15.8. The monoisotopic (exact) mass is 351 g/mol. The van der Waals surface area contributed by atoms with Crippen molar-refractivity contribution in [1.82, 2.24) is 9.97 Å². The summed E-state index contributed by atoms with van der Waals surface area (Å²) >= 11 is 0. The molecule has 3 aromatic rings. The molecule has 4 nitrogen and oxygen atoms in total. The third kappa shape index (κ3) is 3.82. The Morgan fingerprint density at radius 2 is 1.80 bits per heavy atom. The molecule has 0 bridgehead atoms. The van der Waals surface area contributed by atoms with Crippen LogP contribution in [0.2, 0.25) is 0 Å². The van der Waals surface area contributed by atoms with Crippen molar-refractivity contribution in [2.45, 2.75) is 32.4 Å². The van der Waals surface area contributed by atoms with Crippen LogP contribution >= 0.6 is 0 Å². The summed E-state index contributed by atoms with van der Waals surface area (Å²) in [6.45, 7) is 7.64. The molecule has 1 atom stereocenters. The Kier molecular flexibility index (Phi) is 4.77. The number of pyridine rings is 2. The predicted octanol–water partition coefficient (Wildman–Crippen LogP) is 4.57. The topological polar surface area (TPSA) is 55.2 Å². The van der Waals surface area contributed by atoms with E-state index in [2.05, 4.69) is 9.38 Å². The van der Waals surface area contributed by atoms with E-state index in [0.717, 1.165) is 22.2 Å². The molecule has 5 heteroatoms. The number of nitrogens with zero attached hydrogens (tertiary/aromatic N) is 3. The van der Waals surface area contributed by atoms with Crippen LogP contribution in [-0.4, -0.2) is 24.6 Å². The molecule has 0 amide bonds. The number of hydrogen-bond acceptors (Lipinski definition) is 3. The maximum atomic E-state index is 12.5. The van der Waals surface area contributed by atoms with Crippen LogP contribution in [0.4, 0.5) is 0 Å². The fraction of sp³-hybridized carbons (Fsp3) is 0.250. The first-order chi connectivity index (χ1) is 11.9. The summed E-state index contributed by atoms with van der Waals surface area (Å²) in [6.07, 6.45) is 1.74. The van der Waals surface area contributed by atoms with Crippen molar-refractivity contribution < 1.29 is 4.21 Å². The highest BCUT2D eigenvalue weighted by molar-refractivity contribution is 7.85. The van der Waals surface area contributed by atoms with E-state index < -0.39 is 15.7 Å². The highest BCUT2D eigenvalue weighted by Gasteiger charge is 2.20. The van der Waals surface area contributed by atoms with Crippen LogP contribution in [0.1, 0.15) is 33.3 Å². The van der Waals surface area contributed by atoms with Gasteiger partial charge in [-0.2, -0.15) is 4.40 Å². The molecule has 0 saturated heterocycles. The molecular formula is C20H21N3OS. The second-order valence-corrected chi connectivity index (χ2v) is 8.74. The highest BCUT2D eigenvalue weighted by Crippen LogP contribution is 2.26. The minimum absolute atomic E-state index is 0.403. The number of rotatable bonds is 3. The lowest BCUT2D eigenvalue weighted by Gasteiger charge is -2.15. The van der Waals surface area contributed by atoms with E-state index in [0.29, 0.717) is 11.4 Å². The molecule has 0 radical (unpaired) electrons. The summed E-state index contributed by atoms with van der Waals surface area (Å²) < 4.78 is 16.5. The van der Waals surface area contributed by atoms with Gasteiger partial charge in [0.05, 0.1) is 16.2 Å². The Bertz CT molecular complexity index is 960. The van der Waals surface area contributed by atoms with E-state index in [9.17, 15) is 4.21 Å². The predicted molar refractivity (Wildman–Crippen MR) is 105 cm³/mol. The Morgan fingerprint density at radius 3 is 2.48 bits per heavy atom. The van der Waals surface area contributed by atoms with Gasteiger partial charge in [0.25, 0.3) is 0 Å². The Hall–Kier alpha value is -2.40. The Balaban J connectivity index is 2.22. The fourth-order valence-electron chi connectivity index (χ4n) is 2.41. The van der Waals surface area contributed by atoms with Gasteiger partial charge in [0.2, 0.25) is 0 Å². The SMILES string of the molecule is C/C(=N\[S@@](=O)C(C)(C)C)c1cc2cccnc2nc1-c1ccccc1. The molecule has 0 saturated carbocycles. The van der Waals surface area contributed by atoms with Gasteiger partial charge in [-0.1, -0.05) is 30.3 Å². The maximum Gasteiger partial charge on any atom is 0.159 e. The van der Waals surface area contributed by atoms with Gasteiger partial charge in [-0.25, -0.2) is 14.2 Å². The first-order valence-corrected chi connectivity index (χ1v) is 9.26. The first-order valence-electron chi connectivity index (χ1n) is 8.15. The summed E-state index contributed by atoms with van der Waals surface area (Å²) in [5, 5.41) is 0.938. The second-order valence-electron chi connectivity index (χ2n) is 6.84. The van der Waals surface area contributed by atoms with Crippen molar-refractivity contribution in [3.8, 4) is 11.3 Å². The molecule has 0 fully saturated rings. The minimum atomic E-state index is -1.32. The molecule has 0 aliphatic carbocycles. The lowest BCUT2D eigenvalue weighted by Crippen LogP contribution is -2.20. The molecule has 0 aliphatic rings. The average Bonchev–Trinajstić information content (AvgIpc) is 2.60. The third-order valence-corrected chi connectivity index (χ3v) is 5.26. The van der Waals surface area contributed by atoms with Gasteiger partial charge < -0.3 is 0 Å². The van der Waals surface area contributed by atoms with Crippen molar-refractivity contribution in [2.24, 2.45) is 4.40 Å². The summed E-state index contributed by atoms with van der Waals surface area (Å²) in [7, 11) is -1.32. The van der Waals surface area contributed by atoms with Crippen LogP contribution in [0.5, 0.6) is 0 Å². The van der Waals surface area contributed by atoms with E-state index in [1.165, 1.54) is 0 Å². The van der Waals surface area contributed by atoms with Gasteiger partial charge in [-0.05, 0) is 45.9 Å². The summed E-state index contributed by atoms with van der Waals surface area (Å²) in [5.41, 5.74) is 4.07. The molecule has 2 aromatic heterocycles. The van der Waals surface area contributed by atoms with E-state index in [1.54, 1.807) is 6.20 Å². The van der Waals surface area contributed by atoms with Crippen molar-refractivity contribution in [3.05, 3.63) is 60.3 Å².